The summed E-state index contributed by atoms with van der Waals surface area (Å²) in [6.45, 7) is 0.704. The van der Waals surface area contributed by atoms with Gasteiger partial charge in [-0.15, -0.1) is 0 Å². The lowest BCUT2D eigenvalue weighted by Gasteiger charge is -2.05. The summed E-state index contributed by atoms with van der Waals surface area (Å²) in [6, 6.07) is 11.3. The molecule has 2 aromatic rings. The molecule has 1 aromatic heterocycles. The Kier molecular flexibility index (Phi) is 4.97. The highest BCUT2D eigenvalue weighted by molar-refractivity contribution is 9.10. The van der Waals surface area contributed by atoms with E-state index < -0.39 is 6.09 Å². The first-order chi connectivity index (χ1) is 9.24. The number of hydrogen-bond acceptors (Lipinski definition) is 4. The van der Waals surface area contributed by atoms with Gasteiger partial charge in [0.1, 0.15) is 17.0 Å². The number of benzene rings is 1. The quantitative estimate of drug-likeness (QED) is 0.918. The van der Waals surface area contributed by atoms with Gasteiger partial charge in [-0.2, -0.15) is 0 Å². The number of hydrogen-bond donors (Lipinski definition) is 1. The SMILES string of the molecule is O=C(NCCc1cc(Br)no1)OCc1ccccc1. The average Bonchev–Trinajstić information content (AvgIpc) is 2.83. The number of carbonyl (C=O) groups excluding carboxylic acids is 1. The van der Waals surface area contributed by atoms with E-state index in [2.05, 4.69) is 26.4 Å². The first kappa shape index (κ1) is 13.6. The minimum absolute atomic E-state index is 0.264. The molecule has 1 aromatic carbocycles. The summed E-state index contributed by atoms with van der Waals surface area (Å²) in [5.74, 6) is 0.704. The molecule has 0 aliphatic rings. The van der Waals surface area contributed by atoms with Crippen LogP contribution in [0.4, 0.5) is 4.79 Å². The molecule has 0 fully saturated rings. The Labute approximate surface area is 119 Å². The highest BCUT2D eigenvalue weighted by Crippen LogP contribution is 2.09. The van der Waals surface area contributed by atoms with Crippen molar-refractivity contribution in [3.63, 3.8) is 0 Å². The van der Waals surface area contributed by atoms with Crippen LogP contribution in [0.15, 0.2) is 45.5 Å². The van der Waals surface area contributed by atoms with Crippen LogP contribution in [-0.4, -0.2) is 17.8 Å². The second-order valence-electron chi connectivity index (χ2n) is 3.85. The van der Waals surface area contributed by atoms with Crippen LogP contribution in [0.2, 0.25) is 0 Å². The van der Waals surface area contributed by atoms with E-state index in [4.69, 9.17) is 9.26 Å². The molecule has 6 heteroatoms. The van der Waals surface area contributed by atoms with Crippen LogP contribution in [0, 0.1) is 0 Å². The summed E-state index contributed by atoms with van der Waals surface area (Å²) in [5.41, 5.74) is 0.955. The summed E-state index contributed by atoms with van der Waals surface area (Å²) in [6.07, 6.45) is 0.126. The van der Waals surface area contributed by atoms with Gasteiger partial charge in [0.15, 0.2) is 0 Å². The van der Waals surface area contributed by atoms with E-state index in [1.54, 1.807) is 6.07 Å². The van der Waals surface area contributed by atoms with Crippen LogP contribution >= 0.6 is 15.9 Å². The molecule has 5 nitrogen and oxygen atoms in total. The van der Waals surface area contributed by atoms with Gasteiger partial charge in [0.05, 0.1) is 0 Å². The topological polar surface area (TPSA) is 64.4 Å². The molecule has 0 bridgehead atoms. The number of nitrogens with one attached hydrogen (secondary N) is 1. The van der Waals surface area contributed by atoms with E-state index in [9.17, 15) is 4.79 Å². The Morgan fingerprint density at radius 3 is 2.84 bits per heavy atom. The fourth-order valence-electron chi connectivity index (χ4n) is 1.47. The van der Waals surface area contributed by atoms with Gasteiger partial charge in [0.25, 0.3) is 0 Å². The van der Waals surface area contributed by atoms with Crippen LogP contribution in [0.5, 0.6) is 0 Å². The van der Waals surface area contributed by atoms with Crippen LogP contribution < -0.4 is 5.32 Å². The third-order valence-corrected chi connectivity index (χ3v) is 2.76. The molecule has 0 aliphatic heterocycles. The number of alkyl carbamates (subject to hydrolysis) is 1. The monoisotopic (exact) mass is 324 g/mol. The lowest BCUT2D eigenvalue weighted by atomic mass is 10.2. The third-order valence-electron chi connectivity index (χ3n) is 2.38. The van der Waals surface area contributed by atoms with Gasteiger partial charge in [-0.1, -0.05) is 35.5 Å². The Bertz CT molecular complexity index is 528. The average molecular weight is 325 g/mol. The molecule has 1 amide bonds. The second-order valence-corrected chi connectivity index (χ2v) is 4.67. The minimum Gasteiger partial charge on any atom is -0.445 e. The lowest BCUT2D eigenvalue weighted by molar-refractivity contribution is 0.139. The maximum Gasteiger partial charge on any atom is 0.407 e. The summed E-state index contributed by atoms with van der Waals surface area (Å²) in [7, 11) is 0. The predicted molar refractivity (Wildman–Crippen MR) is 72.5 cm³/mol. The molecule has 0 spiro atoms. The van der Waals surface area contributed by atoms with E-state index >= 15 is 0 Å². The normalized spacial score (nSPS) is 10.2. The summed E-state index contributed by atoms with van der Waals surface area (Å²) in [4.78, 5) is 11.4. The van der Waals surface area contributed by atoms with E-state index in [1.165, 1.54) is 0 Å². The minimum atomic E-state index is -0.442. The first-order valence-corrected chi connectivity index (χ1v) is 6.59. The van der Waals surface area contributed by atoms with Crippen molar-refractivity contribution in [3.8, 4) is 0 Å². The molecule has 0 atom stereocenters. The Hall–Kier alpha value is -1.82. The number of aromatic nitrogens is 1. The van der Waals surface area contributed by atoms with Gasteiger partial charge in [-0.3, -0.25) is 0 Å². The molecule has 1 N–H and O–H groups in total. The predicted octanol–water partition coefficient (Wildman–Crippen LogP) is 2.91. The molecule has 1 heterocycles. The van der Waals surface area contributed by atoms with Gasteiger partial charge < -0.3 is 14.6 Å². The standard InChI is InChI=1S/C13H13BrN2O3/c14-12-8-11(19-16-12)6-7-15-13(17)18-9-10-4-2-1-3-5-10/h1-5,8H,6-7,9H2,(H,15,17). The Morgan fingerprint density at radius 1 is 1.37 bits per heavy atom. The zero-order valence-electron chi connectivity index (χ0n) is 10.1. The van der Waals surface area contributed by atoms with Gasteiger partial charge in [0.2, 0.25) is 0 Å². The zero-order chi connectivity index (χ0) is 13.5. The second kappa shape index (κ2) is 6.94. The smallest absolute Gasteiger partial charge is 0.407 e. The summed E-state index contributed by atoms with van der Waals surface area (Å²) >= 11 is 3.19. The van der Waals surface area contributed by atoms with Crippen molar-refractivity contribution in [2.75, 3.05) is 6.54 Å². The summed E-state index contributed by atoms with van der Waals surface area (Å²) in [5, 5.41) is 6.33. The zero-order valence-corrected chi connectivity index (χ0v) is 11.7. The molecule has 2 rings (SSSR count). The number of carbonyl (C=O) groups is 1. The summed E-state index contributed by atoms with van der Waals surface area (Å²) < 4.78 is 10.7. The molecular formula is C13H13BrN2O3. The number of nitrogens with zero attached hydrogens (tertiary/aromatic N) is 1. The van der Waals surface area contributed by atoms with E-state index in [-0.39, 0.29) is 6.61 Å². The van der Waals surface area contributed by atoms with Gasteiger partial charge >= 0.3 is 6.09 Å². The maximum atomic E-state index is 11.4. The maximum absolute atomic E-state index is 11.4. The van der Waals surface area contributed by atoms with Crippen molar-refractivity contribution in [1.29, 1.82) is 0 Å². The van der Waals surface area contributed by atoms with Crippen molar-refractivity contribution < 1.29 is 14.1 Å². The fraction of sp³-hybridized carbons (Fsp3) is 0.231. The van der Waals surface area contributed by atoms with E-state index in [1.807, 2.05) is 30.3 Å². The molecule has 0 saturated carbocycles. The van der Waals surface area contributed by atoms with Gasteiger partial charge in [-0.05, 0) is 21.5 Å². The Morgan fingerprint density at radius 2 is 2.16 bits per heavy atom. The van der Waals surface area contributed by atoms with E-state index in [0.717, 1.165) is 5.56 Å². The number of rotatable bonds is 5. The van der Waals surface area contributed by atoms with Crippen LogP contribution in [-0.2, 0) is 17.8 Å². The van der Waals surface area contributed by atoms with Gasteiger partial charge in [-0.25, -0.2) is 4.79 Å². The van der Waals surface area contributed by atoms with Crippen molar-refractivity contribution in [2.24, 2.45) is 0 Å². The van der Waals surface area contributed by atoms with Crippen LogP contribution in [0.3, 0.4) is 0 Å². The number of amides is 1. The molecule has 0 saturated heterocycles. The number of halogens is 1. The number of ether oxygens (including phenoxy) is 1. The molecule has 0 aliphatic carbocycles. The Balaban J connectivity index is 1.65. The molecule has 0 unspecified atom stereocenters. The van der Waals surface area contributed by atoms with Crippen molar-refractivity contribution >= 4 is 22.0 Å². The fourth-order valence-corrected chi connectivity index (χ4v) is 1.80. The van der Waals surface area contributed by atoms with E-state index in [0.29, 0.717) is 23.3 Å². The first-order valence-electron chi connectivity index (χ1n) is 5.79. The highest BCUT2D eigenvalue weighted by Gasteiger charge is 2.04. The highest BCUT2D eigenvalue weighted by atomic mass is 79.9. The van der Waals surface area contributed by atoms with Crippen molar-refractivity contribution in [2.45, 2.75) is 13.0 Å². The van der Waals surface area contributed by atoms with Crippen molar-refractivity contribution in [3.05, 3.63) is 52.3 Å². The van der Waals surface area contributed by atoms with Gasteiger partial charge in [0, 0.05) is 19.0 Å². The molecule has 19 heavy (non-hydrogen) atoms. The molecule has 0 radical (unpaired) electrons. The van der Waals surface area contributed by atoms with Crippen LogP contribution in [0.1, 0.15) is 11.3 Å². The van der Waals surface area contributed by atoms with Crippen LogP contribution in [0.25, 0.3) is 0 Å². The molecule has 100 valence electrons. The third kappa shape index (κ3) is 4.75. The molecular weight excluding hydrogens is 312 g/mol. The largest absolute Gasteiger partial charge is 0.445 e. The lowest BCUT2D eigenvalue weighted by Crippen LogP contribution is -2.26. The van der Waals surface area contributed by atoms with Crippen molar-refractivity contribution in [1.82, 2.24) is 10.5 Å².